The molecule has 0 spiro atoms. The third kappa shape index (κ3) is 8.50. The number of anilines is 1. The van der Waals surface area contributed by atoms with E-state index in [1.165, 1.54) is 11.1 Å². The first-order chi connectivity index (χ1) is 20.9. The number of pyridine rings is 1. The lowest BCUT2D eigenvalue weighted by atomic mass is 9.91. The summed E-state index contributed by atoms with van der Waals surface area (Å²) in [5, 5.41) is 7.05. The van der Waals surface area contributed by atoms with E-state index >= 15 is 0 Å². The minimum Gasteiger partial charge on any atom is -0.495 e. The molecule has 0 atom stereocenters. The van der Waals surface area contributed by atoms with Crippen molar-refractivity contribution in [1.29, 1.82) is 0 Å². The Morgan fingerprint density at radius 2 is 1.88 bits per heavy atom. The molecule has 0 aliphatic carbocycles. The highest BCUT2D eigenvalue weighted by Gasteiger charge is 2.29. The van der Waals surface area contributed by atoms with Gasteiger partial charge in [-0.1, -0.05) is 71.4 Å². The number of nitrogens with one attached hydrogen (secondary N) is 2. The number of likely N-dealkylation sites (tertiary alicyclic amines) is 1. The Morgan fingerprint density at radius 3 is 2.51 bits per heavy atom. The maximum Gasteiger partial charge on any atom is 0.219 e. The minimum absolute atomic E-state index is 0.145. The number of unbranched alkanes of at least 4 members (excludes halogenated alkanes) is 2. The van der Waals surface area contributed by atoms with Crippen LogP contribution in [-0.4, -0.2) is 36.0 Å². The number of amides is 1. The van der Waals surface area contributed by atoms with Gasteiger partial charge in [-0.05, 0) is 61.1 Å². The second-order valence-electron chi connectivity index (χ2n) is 10.8. The maximum absolute atomic E-state index is 11.6. The molecule has 1 aromatic carbocycles. The number of rotatable bonds is 12. The molecule has 1 saturated heterocycles. The van der Waals surface area contributed by atoms with E-state index < -0.39 is 0 Å². The van der Waals surface area contributed by atoms with Crippen LogP contribution in [0.5, 0.6) is 5.75 Å². The Bertz CT molecular complexity index is 1380. The Kier molecular flexibility index (Phi) is 12.9. The van der Waals surface area contributed by atoms with Crippen molar-refractivity contribution in [2.75, 3.05) is 25.5 Å². The zero-order valence-corrected chi connectivity index (χ0v) is 27.2. The van der Waals surface area contributed by atoms with Gasteiger partial charge in [0.05, 0.1) is 13.3 Å². The molecule has 4 rings (SSSR count). The van der Waals surface area contributed by atoms with E-state index in [1.807, 2.05) is 31.1 Å². The number of aromatic nitrogens is 1. The lowest BCUT2D eigenvalue weighted by molar-refractivity contribution is -0.133. The number of benzene rings is 1. The third-order valence-corrected chi connectivity index (χ3v) is 7.86. The highest BCUT2D eigenvalue weighted by Crippen LogP contribution is 2.34. The first kappa shape index (κ1) is 33.4. The molecule has 230 valence electrons. The zero-order chi connectivity index (χ0) is 31.4. The molecule has 2 aromatic rings. The quantitative estimate of drug-likeness (QED) is 0.245. The number of nitrogens with zero attached hydrogens (tertiary/aromatic N) is 2. The normalized spacial score (nSPS) is 15.8. The number of carbonyl (C=O) groups excluding carboxylic acids is 1. The Morgan fingerprint density at radius 1 is 1.16 bits per heavy atom. The summed E-state index contributed by atoms with van der Waals surface area (Å²) in [6, 6.07) is 8.52. The summed E-state index contributed by atoms with van der Waals surface area (Å²) in [7, 11) is 1.69. The molecule has 2 aliphatic heterocycles. The fourth-order valence-electron chi connectivity index (χ4n) is 5.40. The first-order valence-electron chi connectivity index (χ1n) is 15.7. The van der Waals surface area contributed by atoms with Gasteiger partial charge in [-0.3, -0.25) is 9.78 Å². The van der Waals surface area contributed by atoms with Gasteiger partial charge < -0.3 is 20.3 Å². The highest BCUT2D eigenvalue weighted by atomic mass is 16.5. The smallest absolute Gasteiger partial charge is 0.219 e. The summed E-state index contributed by atoms with van der Waals surface area (Å²) in [4.78, 5) is 17.9. The van der Waals surface area contributed by atoms with E-state index in [4.69, 9.17) is 4.74 Å². The number of dihydropyridines is 1. The number of carbonyl (C=O) groups is 1. The fourth-order valence-corrected chi connectivity index (χ4v) is 5.40. The van der Waals surface area contributed by atoms with Crippen molar-refractivity contribution >= 4 is 17.2 Å². The van der Waals surface area contributed by atoms with Crippen molar-refractivity contribution in [3.63, 3.8) is 0 Å². The Labute approximate surface area is 259 Å². The second kappa shape index (κ2) is 16.5. The fraction of sp³-hybridized carbons (Fsp3) is 0.405. The summed E-state index contributed by atoms with van der Waals surface area (Å²) in [5.74, 6) is 1.35. The molecule has 0 unspecified atom stereocenters. The van der Waals surface area contributed by atoms with Gasteiger partial charge in [0.15, 0.2) is 0 Å². The van der Waals surface area contributed by atoms with Crippen molar-refractivity contribution in [1.82, 2.24) is 15.2 Å². The van der Waals surface area contributed by atoms with Crippen LogP contribution in [0.4, 0.5) is 5.69 Å². The Hall–Kier alpha value is -4.06. The van der Waals surface area contributed by atoms with Crippen LogP contribution in [0.1, 0.15) is 89.3 Å². The van der Waals surface area contributed by atoms with Crippen LogP contribution < -0.4 is 15.4 Å². The second-order valence-corrected chi connectivity index (χ2v) is 10.8. The molecule has 2 aliphatic rings. The molecule has 43 heavy (non-hydrogen) atoms. The highest BCUT2D eigenvalue weighted by molar-refractivity contribution is 5.75. The van der Waals surface area contributed by atoms with Gasteiger partial charge in [0.1, 0.15) is 5.75 Å². The number of allylic oxidation sites excluding steroid dienone is 5. The summed E-state index contributed by atoms with van der Waals surface area (Å²) < 4.78 is 5.57. The van der Waals surface area contributed by atoms with Crippen LogP contribution in [0.25, 0.3) is 5.57 Å². The SMILES string of the molecule is C=C(Nc1ccc(C2CN(C(C)=O)C2)cc1)C1=C(/C=C(\CCC)c2cncc(OC)c2C)C=CN/C1=C\CCCC.CC. The topological polar surface area (TPSA) is 66.5 Å². The van der Waals surface area contributed by atoms with Gasteiger partial charge in [-0.15, -0.1) is 0 Å². The summed E-state index contributed by atoms with van der Waals surface area (Å²) in [6.45, 7) is 18.2. The lowest BCUT2D eigenvalue weighted by Gasteiger charge is -2.39. The van der Waals surface area contributed by atoms with E-state index in [0.29, 0.717) is 5.92 Å². The van der Waals surface area contributed by atoms with Crippen LogP contribution in [0.3, 0.4) is 0 Å². The molecule has 0 bridgehead atoms. The zero-order valence-electron chi connectivity index (χ0n) is 27.2. The predicted octanol–water partition coefficient (Wildman–Crippen LogP) is 8.67. The van der Waals surface area contributed by atoms with E-state index in [-0.39, 0.29) is 5.91 Å². The monoisotopic (exact) mass is 582 g/mol. The van der Waals surface area contributed by atoms with Crippen molar-refractivity contribution in [2.24, 2.45) is 0 Å². The van der Waals surface area contributed by atoms with E-state index in [9.17, 15) is 4.79 Å². The van der Waals surface area contributed by atoms with Crippen molar-refractivity contribution < 1.29 is 9.53 Å². The van der Waals surface area contributed by atoms with E-state index in [0.717, 1.165) is 90.3 Å². The molecule has 0 saturated carbocycles. The van der Waals surface area contributed by atoms with Gasteiger partial charge in [0, 0.05) is 72.1 Å². The number of hydrogen-bond acceptors (Lipinski definition) is 5. The molecular formula is C37H50N4O2. The molecule has 6 nitrogen and oxygen atoms in total. The van der Waals surface area contributed by atoms with E-state index in [1.54, 1.807) is 20.2 Å². The van der Waals surface area contributed by atoms with Crippen LogP contribution >= 0.6 is 0 Å². The summed E-state index contributed by atoms with van der Waals surface area (Å²) in [6.07, 6.45) is 17.6. The number of methoxy groups -OCH3 is 1. The molecule has 6 heteroatoms. The molecule has 0 radical (unpaired) electrons. The molecule has 1 fully saturated rings. The summed E-state index contributed by atoms with van der Waals surface area (Å²) >= 11 is 0. The Balaban J connectivity index is 0.00000248. The van der Waals surface area contributed by atoms with Crippen LogP contribution in [-0.2, 0) is 4.79 Å². The van der Waals surface area contributed by atoms with Crippen LogP contribution in [0.2, 0.25) is 0 Å². The number of ether oxygens (including phenoxy) is 1. The van der Waals surface area contributed by atoms with E-state index in [2.05, 4.69) is 85.5 Å². The predicted molar refractivity (Wildman–Crippen MR) is 181 cm³/mol. The van der Waals surface area contributed by atoms with Gasteiger partial charge in [0.25, 0.3) is 0 Å². The van der Waals surface area contributed by atoms with Crippen molar-refractivity contribution in [3.8, 4) is 5.75 Å². The molecule has 2 N–H and O–H groups in total. The van der Waals surface area contributed by atoms with Gasteiger partial charge >= 0.3 is 0 Å². The standard InChI is InChI=1S/C35H44N4O2.C2H6/c1-7-9-10-12-33-35(25(4)38-31-15-13-27(14-16-31)30-22-39(23-30)26(5)40)29(17-18-37-33)19-28(11-8-2)32-20-36-21-34(41-6)24(32)3;1-2/h12-21,30,37-38H,4,7-11,22-23H2,1-3,5-6H3;1-2H3/b28-19+,33-12-;. The minimum atomic E-state index is 0.145. The largest absolute Gasteiger partial charge is 0.495 e. The van der Waals surface area contributed by atoms with Crippen LogP contribution in [0, 0.1) is 6.92 Å². The van der Waals surface area contributed by atoms with Crippen molar-refractivity contribution in [3.05, 3.63) is 107 Å². The van der Waals surface area contributed by atoms with Gasteiger partial charge in [-0.25, -0.2) is 0 Å². The molecule has 1 amide bonds. The van der Waals surface area contributed by atoms with Crippen molar-refractivity contribution in [2.45, 2.75) is 79.6 Å². The molecule has 3 heterocycles. The first-order valence-corrected chi connectivity index (χ1v) is 15.7. The average Bonchev–Trinajstić information content (AvgIpc) is 2.98. The average molecular weight is 583 g/mol. The lowest BCUT2D eigenvalue weighted by Crippen LogP contribution is -2.47. The maximum atomic E-state index is 11.6. The molecule has 1 aromatic heterocycles. The van der Waals surface area contributed by atoms with Gasteiger partial charge in [0.2, 0.25) is 5.91 Å². The third-order valence-electron chi connectivity index (χ3n) is 7.86. The molecular weight excluding hydrogens is 532 g/mol. The summed E-state index contributed by atoms with van der Waals surface area (Å²) in [5.41, 5.74) is 9.74. The van der Waals surface area contributed by atoms with Gasteiger partial charge in [-0.2, -0.15) is 0 Å². The van der Waals surface area contributed by atoms with Crippen LogP contribution in [0.15, 0.2) is 90.2 Å². The number of hydrogen-bond donors (Lipinski definition) is 2.